The Morgan fingerprint density at radius 1 is 0.545 bits per heavy atom. The lowest BCUT2D eigenvalue weighted by molar-refractivity contribution is -0.870. The molecule has 0 aliphatic heterocycles. The summed E-state index contributed by atoms with van der Waals surface area (Å²) in [7, 11) is 1.63. The highest BCUT2D eigenvalue weighted by Gasteiger charge is 2.28. The van der Waals surface area contributed by atoms with Crippen LogP contribution < -0.4 is 5.32 Å². The zero-order chi connectivity index (χ0) is 40.7. The number of carbonyl (C=O) groups is 1. The van der Waals surface area contributed by atoms with Crippen molar-refractivity contribution >= 4 is 13.7 Å². The predicted molar refractivity (Wildman–Crippen MR) is 236 cm³/mol. The van der Waals surface area contributed by atoms with Crippen molar-refractivity contribution in [2.75, 3.05) is 40.9 Å². The van der Waals surface area contributed by atoms with Crippen molar-refractivity contribution in [3.63, 3.8) is 0 Å². The van der Waals surface area contributed by atoms with Crippen LogP contribution in [-0.4, -0.2) is 73.4 Å². The summed E-state index contributed by atoms with van der Waals surface area (Å²) in [5, 5.41) is 14.0. The maximum atomic E-state index is 12.9. The van der Waals surface area contributed by atoms with Gasteiger partial charge in [-0.25, -0.2) is 4.57 Å². The summed E-state index contributed by atoms with van der Waals surface area (Å²) in [6, 6.07) is -0.753. The number of aliphatic hydroxyl groups is 1. The highest BCUT2D eigenvalue weighted by molar-refractivity contribution is 7.47. The zero-order valence-corrected chi connectivity index (χ0v) is 38.3. The largest absolute Gasteiger partial charge is 0.472 e. The number of nitrogens with zero attached hydrogens (tertiary/aromatic N) is 1. The first-order chi connectivity index (χ1) is 26.5. The number of nitrogens with one attached hydrogen (secondary N) is 1. The maximum absolute atomic E-state index is 12.9. The Bertz CT molecular complexity index is 870. The molecule has 3 N–H and O–H groups in total. The summed E-state index contributed by atoms with van der Waals surface area (Å²) in [4.78, 5) is 23.2. The number of quaternary nitrogens is 1. The van der Waals surface area contributed by atoms with Gasteiger partial charge in [0, 0.05) is 6.42 Å². The first kappa shape index (κ1) is 54.5. The first-order valence-electron chi connectivity index (χ1n) is 23.9. The summed E-state index contributed by atoms with van der Waals surface area (Å²) in [5.41, 5.74) is 0. The van der Waals surface area contributed by atoms with E-state index in [1.165, 1.54) is 173 Å². The van der Waals surface area contributed by atoms with E-state index in [9.17, 15) is 19.4 Å². The van der Waals surface area contributed by atoms with Crippen molar-refractivity contribution in [2.45, 2.75) is 251 Å². The number of unbranched alkanes of at least 4 members (excludes halogenated alkanes) is 31. The molecular formula is C46H96N2O6P+. The number of aliphatic hydroxyl groups excluding tert-OH is 1. The number of hydrogen-bond acceptors (Lipinski definition) is 5. The summed E-state index contributed by atoms with van der Waals surface area (Å²) in [6.07, 6.45) is 42.6. The fraction of sp³-hybridized carbons (Fsp3) is 0.978. The molecule has 0 aromatic heterocycles. The van der Waals surface area contributed by atoms with Crippen molar-refractivity contribution in [3.8, 4) is 0 Å². The molecule has 9 heteroatoms. The second-order valence-electron chi connectivity index (χ2n) is 17.9. The predicted octanol–water partition coefficient (Wildman–Crippen LogP) is 13.4. The molecule has 330 valence electrons. The van der Waals surface area contributed by atoms with Gasteiger partial charge in [0.25, 0.3) is 0 Å². The lowest BCUT2D eigenvalue weighted by Crippen LogP contribution is -2.46. The highest BCUT2D eigenvalue weighted by atomic mass is 31.2. The van der Waals surface area contributed by atoms with Crippen molar-refractivity contribution in [1.82, 2.24) is 5.32 Å². The minimum atomic E-state index is -4.31. The monoisotopic (exact) mass is 804 g/mol. The molecular weight excluding hydrogens is 707 g/mol. The number of phosphoric acid groups is 1. The first-order valence-corrected chi connectivity index (χ1v) is 25.4. The van der Waals surface area contributed by atoms with Crippen LogP contribution in [0, 0.1) is 0 Å². The summed E-state index contributed by atoms with van der Waals surface area (Å²) < 4.78 is 23.7. The summed E-state index contributed by atoms with van der Waals surface area (Å²) in [5.74, 6) is -0.140. The van der Waals surface area contributed by atoms with Crippen LogP contribution in [0.4, 0.5) is 0 Å². The van der Waals surface area contributed by atoms with Crippen molar-refractivity contribution in [3.05, 3.63) is 0 Å². The third-order valence-corrected chi connectivity index (χ3v) is 12.1. The van der Waals surface area contributed by atoms with E-state index in [0.29, 0.717) is 23.9 Å². The third-order valence-electron chi connectivity index (χ3n) is 11.1. The van der Waals surface area contributed by atoms with Crippen LogP contribution in [0.1, 0.15) is 239 Å². The molecule has 0 saturated carbocycles. The second kappa shape index (κ2) is 39.0. The van der Waals surface area contributed by atoms with Gasteiger partial charge in [0.1, 0.15) is 13.2 Å². The molecule has 0 aromatic rings. The van der Waals surface area contributed by atoms with Crippen LogP contribution >= 0.6 is 7.82 Å². The van der Waals surface area contributed by atoms with Crippen LogP contribution in [0.15, 0.2) is 0 Å². The van der Waals surface area contributed by atoms with E-state index >= 15 is 0 Å². The molecule has 0 fully saturated rings. The molecule has 8 nitrogen and oxygen atoms in total. The summed E-state index contributed by atoms with van der Waals surface area (Å²) >= 11 is 0. The minimum absolute atomic E-state index is 0.0787. The standard InChI is InChI=1S/C46H95N2O6P/c1-6-8-10-12-14-16-18-20-22-24-25-27-29-31-33-35-37-39-45(49)44(43-54-55(51,52)53-42-41-48(3,4)5)47-46(50)40-38-36-34-32-30-28-26-23-21-19-17-15-13-11-9-7-2/h44-45,49H,6-43H2,1-5H3,(H-,47,50,51,52)/p+1. The summed E-state index contributed by atoms with van der Waals surface area (Å²) in [6.45, 7) is 4.92. The Balaban J connectivity index is 4.29. The van der Waals surface area contributed by atoms with E-state index in [-0.39, 0.29) is 19.1 Å². The van der Waals surface area contributed by atoms with Crippen LogP contribution in [0.3, 0.4) is 0 Å². The molecule has 0 heterocycles. The SMILES string of the molecule is CCCCCCCCCCCCCCCCCCCC(O)C(COP(=O)(O)OCC[N+](C)(C)C)NC(=O)CCCCCCCCCCCCCCCCCC. The van der Waals surface area contributed by atoms with Crippen molar-refractivity contribution in [1.29, 1.82) is 0 Å². The van der Waals surface area contributed by atoms with Crippen molar-refractivity contribution < 1.29 is 32.9 Å². The number of likely N-dealkylation sites (N-methyl/N-ethyl adjacent to an activating group) is 1. The molecule has 0 bridgehead atoms. The highest BCUT2D eigenvalue weighted by Crippen LogP contribution is 2.43. The Morgan fingerprint density at radius 3 is 1.22 bits per heavy atom. The average molecular weight is 804 g/mol. The Kier molecular flexibility index (Phi) is 38.6. The van der Waals surface area contributed by atoms with E-state index in [2.05, 4.69) is 19.2 Å². The van der Waals surface area contributed by atoms with Gasteiger partial charge >= 0.3 is 7.82 Å². The van der Waals surface area contributed by atoms with Crippen LogP contribution in [0.25, 0.3) is 0 Å². The van der Waals surface area contributed by atoms with Gasteiger partial charge in [-0.15, -0.1) is 0 Å². The number of phosphoric ester groups is 1. The van der Waals surface area contributed by atoms with Crippen LogP contribution in [0.5, 0.6) is 0 Å². The van der Waals surface area contributed by atoms with E-state index in [1.807, 2.05) is 21.1 Å². The molecule has 3 unspecified atom stereocenters. The Labute approximate surface area is 342 Å². The molecule has 0 saturated heterocycles. The van der Waals surface area contributed by atoms with Gasteiger partial charge in [-0.2, -0.15) is 0 Å². The molecule has 0 spiro atoms. The van der Waals surface area contributed by atoms with Crippen LogP contribution in [-0.2, 0) is 18.4 Å². The fourth-order valence-electron chi connectivity index (χ4n) is 7.28. The smallest absolute Gasteiger partial charge is 0.391 e. The Hall–Kier alpha value is -0.500. The molecule has 55 heavy (non-hydrogen) atoms. The molecule has 0 aromatic carbocycles. The van der Waals surface area contributed by atoms with Gasteiger partial charge in [-0.05, 0) is 12.8 Å². The zero-order valence-electron chi connectivity index (χ0n) is 37.4. The molecule has 0 aliphatic rings. The van der Waals surface area contributed by atoms with Gasteiger partial charge < -0.3 is 19.8 Å². The van der Waals surface area contributed by atoms with Crippen LogP contribution in [0.2, 0.25) is 0 Å². The molecule has 0 radical (unpaired) electrons. The number of hydrogen-bond donors (Lipinski definition) is 3. The fourth-order valence-corrected chi connectivity index (χ4v) is 8.02. The van der Waals surface area contributed by atoms with Gasteiger partial charge in [0.2, 0.25) is 5.91 Å². The van der Waals surface area contributed by atoms with Gasteiger partial charge in [-0.3, -0.25) is 13.8 Å². The molecule has 0 aliphatic carbocycles. The number of rotatable bonds is 44. The normalized spacial score (nSPS) is 14.2. The van der Waals surface area contributed by atoms with Crippen molar-refractivity contribution in [2.24, 2.45) is 0 Å². The second-order valence-corrected chi connectivity index (χ2v) is 19.3. The Morgan fingerprint density at radius 2 is 0.873 bits per heavy atom. The van der Waals surface area contributed by atoms with Gasteiger partial charge in [0.15, 0.2) is 0 Å². The van der Waals surface area contributed by atoms with E-state index in [0.717, 1.165) is 38.5 Å². The van der Waals surface area contributed by atoms with Gasteiger partial charge in [-0.1, -0.05) is 219 Å². The van der Waals surface area contributed by atoms with E-state index in [1.54, 1.807) is 0 Å². The topological polar surface area (TPSA) is 105 Å². The third kappa shape index (κ3) is 41.5. The van der Waals surface area contributed by atoms with Gasteiger partial charge in [0.05, 0.1) is 39.9 Å². The quantitative estimate of drug-likeness (QED) is 0.0322. The maximum Gasteiger partial charge on any atom is 0.472 e. The lowest BCUT2D eigenvalue weighted by atomic mass is 10.0. The number of carbonyl (C=O) groups excluding carboxylic acids is 1. The number of amides is 1. The molecule has 0 rings (SSSR count). The minimum Gasteiger partial charge on any atom is -0.391 e. The molecule has 1 amide bonds. The average Bonchev–Trinajstić information content (AvgIpc) is 3.13. The van der Waals surface area contributed by atoms with E-state index in [4.69, 9.17) is 9.05 Å². The van der Waals surface area contributed by atoms with E-state index < -0.39 is 20.0 Å². The molecule has 3 atom stereocenters. The lowest BCUT2D eigenvalue weighted by Gasteiger charge is -2.26.